The fraction of sp³-hybridized carbons (Fsp3) is 0.286. The van der Waals surface area contributed by atoms with Gasteiger partial charge in [0.1, 0.15) is 11.6 Å². The molecule has 0 saturated carbocycles. The molecular formula is C14H12ClF3N4O4. The second-order valence-electron chi connectivity index (χ2n) is 4.83. The van der Waals surface area contributed by atoms with Gasteiger partial charge in [-0.1, -0.05) is 11.6 Å². The van der Waals surface area contributed by atoms with Crippen molar-refractivity contribution >= 4 is 23.5 Å². The minimum absolute atomic E-state index is 0.0893. The molecule has 0 aromatic carbocycles. The molecule has 0 radical (unpaired) electrons. The number of rotatable bonds is 5. The van der Waals surface area contributed by atoms with E-state index in [9.17, 15) is 22.8 Å². The Morgan fingerprint density at radius 2 is 1.81 bits per heavy atom. The smallest absolute Gasteiger partial charge is 0.417 e. The summed E-state index contributed by atoms with van der Waals surface area (Å²) in [7, 11) is 2.66. The van der Waals surface area contributed by atoms with Crippen molar-refractivity contribution < 1.29 is 27.4 Å². The van der Waals surface area contributed by atoms with E-state index < -0.39 is 34.8 Å². The molecular weight excluding hydrogens is 381 g/mol. The highest BCUT2D eigenvalue weighted by molar-refractivity contribution is 6.30. The maximum absolute atomic E-state index is 12.8. The normalized spacial score (nSPS) is 11.2. The Balaban J connectivity index is 2.26. The number of methoxy groups -OCH3 is 2. The van der Waals surface area contributed by atoms with Crippen LogP contribution in [0.3, 0.4) is 0 Å². The summed E-state index contributed by atoms with van der Waals surface area (Å²) in [5.41, 5.74) is -2.10. The van der Waals surface area contributed by atoms with Gasteiger partial charge in [-0.3, -0.25) is 14.9 Å². The van der Waals surface area contributed by atoms with E-state index in [1.807, 2.05) is 0 Å². The number of aromatic nitrogens is 3. The Morgan fingerprint density at radius 1 is 1.23 bits per heavy atom. The van der Waals surface area contributed by atoms with Crippen LogP contribution in [0.25, 0.3) is 0 Å². The molecule has 0 spiro atoms. The van der Waals surface area contributed by atoms with Gasteiger partial charge in [0, 0.05) is 6.20 Å². The van der Waals surface area contributed by atoms with Crippen LogP contribution in [0.5, 0.6) is 11.8 Å². The summed E-state index contributed by atoms with van der Waals surface area (Å²) >= 11 is 5.53. The highest BCUT2D eigenvalue weighted by Crippen LogP contribution is 2.29. The van der Waals surface area contributed by atoms with E-state index in [4.69, 9.17) is 21.1 Å². The van der Waals surface area contributed by atoms with Crippen molar-refractivity contribution in [3.8, 4) is 11.8 Å². The van der Waals surface area contributed by atoms with Gasteiger partial charge in [0.05, 0.1) is 25.8 Å². The Bertz CT molecular complexity index is 863. The molecule has 2 aromatic rings. The van der Waals surface area contributed by atoms with Crippen LogP contribution in [-0.2, 0) is 17.5 Å². The van der Waals surface area contributed by atoms with E-state index >= 15 is 0 Å². The van der Waals surface area contributed by atoms with Crippen LogP contribution in [-0.4, -0.2) is 34.7 Å². The van der Waals surface area contributed by atoms with E-state index in [0.717, 1.165) is 0 Å². The molecule has 1 N–H and O–H groups in total. The Morgan fingerprint density at radius 3 is 2.31 bits per heavy atom. The number of halogens is 4. The van der Waals surface area contributed by atoms with Crippen molar-refractivity contribution in [2.75, 3.05) is 19.5 Å². The summed E-state index contributed by atoms with van der Waals surface area (Å²) in [6, 6.07) is 1.85. The third-order valence-corrected chi connectivity index (χ3v) is 3.30. The number of anilines is 1. The van der Waals surface area contributed by atoms with Gasteiger partial charge in [0.25, 0.3) is 5.56 Å². The first-order chi connectivity index (χ1) is 12.1. The number of hydrogen-bond donors (Lipinski definition) is 1. The zero-order valence-corrected chi connectivity index (χ0v) is 14.2. The lowest BCUT2D eigenvalue weighted by Gasteiger charge is -2.12. The first kappa shape index (κ1) is 19.5. The van der Waals surface area contributed by atoms with Gasteiger partial charge in [-0.15, -0.1) is 0 Å². The summed E-state index contributed by atoms with van der Waals surface area (Å²) in [4.78, 5) is 31.6. The molecule has 0 atom stereocenters. The van der Waals surface area contributed by atoms with Gasteiger partial charge < -0.3 is 14.0 Å². The molecule has 0 aliphatic carbocycles. The van der Waals surface area contributed by atoms with E-state index in [2.05, 4.69) is 15.3 Å². The molecule has 2 rings (SSSR count). The number of carbonyl (C=O) groups excluding carboxylic acids is 1. The maximum Gasteiger partial charge on any atom is 0.417 e. The highest BCUT2D eigenvalue weighted by atomic mass is 35.5. The first-order valence-corrected chi connectivity index (χ1v) is 7.26. The van der Waals surface area contributed by atoms with Crippen molar-refractivity contribution in [3.05, 3.63) is 39.3 Å². The van der Waals surface area contributed by atoms with E-state index in [-0.39, 0.29) is 17.7 Å². The van der Waals surface area contributed by atoms with Gasteiger partial charge in [0.15, 0.2) is 0 Å². The molecule has 0 saturated heterocycles. The molecule has 0 bridgehead atoms. The monoisotopic (exact) mass is 392 g/mol. The predicted octanol–water partition coefficient (Wildman–Crippen LogP) is 1.97. The standard InChI is InChI=1S/C14H12ClF3N4O4/c1-25-10-4-11(26-2)21-13(20-10)19-9(23)6-22-5-7(14(16,17)18)3-8(15)12(22)24/h3-5H,6H2,1-2H3,(H,19,20,21,23). The average molecular weight is 393 g/mol. The average Bonchev–Trinajstić information content (AvgIpc) is 2.57. The minimum atomic E-state index is -4.72. The number of nitrogens with zero attached hydrogens (tertiary/aromatic N) is 3. The number of nitrogens with one attached hydrogen (secondary N) is 1. The summed E-state index contributed by atoms with van der Waals surface area (Å²) in [6.45, 7) is -0.731. The molecule has 0 fully saturated rings. The summed E-state index contributed by atoms with van der Waals surface area (Å²) < 4.78 is 48.8. The summed E-state index contributed by atoms with van der Waals surface area (Å²) in [5, 5.41) is 1.58. The van der Waals surface area contributed by atoms with Crippen LogP contribution >= 0.6 is 11.6 Å². The Labute approximate surface area is 149 Å². The Kier molecular flexibility index (Phi) is 5.70. The largest absolute Gasteiger partial charge is 0.481 e. The number of pyridine rings is 1. The molecule has 1 amide bonds. The topological polar surface area (TPSA) is 95.3 Å². The second-order valence-corrected chi connectivity index (χ2v) is 5.24. The number of ether oxygens (including phenoxy) is 2. The van der Waals surface area contributed by atoms with Crippen LogP contribution in [0.15, 0.2) is 23.1 Å². The molecule has 2 aromatic heterocycles. The lowest BCUT2D eigenvalue weighted by molar-refractivity contribution is -0.138. The predicted molar refractivity (Wildman–Crippen MR) is 84.5 cm³/mol. The fourth-order valence-electron chi connectivity index (χ4n) is 1.86. The molecule has 26 heavy (non-hydrogen) atoms. The molecule has 140 valence electrons. The highest BCUT2D eigenvalue weighted by Gasteiger charge is 2.32. The molecule has 2 heterocycles. The van der Waals surface area contributed by atoms with Crippen LogP contribution in [0, 0.1) is 0 Å². The number of carbonyl (C=O) groups is 1. The quantitative estimate of drug-likeness (QED) is 0.835. The van der Waals surface area contributed by atoms with Crippen LogP contribution in [0.4, 0.5) is 19.1 Å². The van der Waals surface area contributed by atoms with Gasteiger partial charge >= 0.3 is 6.18 Å². The Hall–Kier alpha value is -2.82. The molecule has 0 aliphatic rings. The van der Waals surface area contributed by atoms with Crippen LogP contribution < -0.4 is 20.3 Å². The first-order valence-electron chi connectivity index (χ1n) is 6.88. The number of hydrogen-bond acceptors (Lipinski definition) is 6. The van der Waals surface area contributed by atoms with E-state index in [1.165, 1.54) is 20.3 Å². The van der Waals surface area contributed by atoms with Gasteiger partial charge in [-0.25, -0.2) is 0 Å². The maximum atomic E-state index is 12.8. The van der Waals surface area contributed by atoms with E-state index in [1.54, 1.807) is 0 Å². The van der Waals surface area contributed by atoms with Gasteiger partial charge in [-0.05, 0) is 6.07 Å². The van der Waals surface area contributed by atoms with Crippen molar-refractivity contribution in [2.45, 2.75) is 12.7 Å². The molecule has 0 aliphatic heterocycles. The van der Waals surface area contributed by atoms with Crippen LogP contribution in [0.1, 0.15) is 5.56 Å². The summed E-state index contributed by atoms with van der Waals surface area (Å²) in [6.07, 6.45) is -4.22. The third-order valence-electron chi connectivity index (χ3n) is 3.03. The fourth-order valence-corrected chi connectivity index (χ4v) is 2.09. The van der Waals surface area contributed by atoms with Gasteiger partial charge in [0.2, 0.25) is 23.6 Å². The van der Waals surface area contributed by atoms with Crippen molar-refractivity contribution in [3.63, 3.8) is 0 Å². The second kappa shape index (κ2) is 7.60. The number of amides is 1. The van der Waals surface area contributed by atoms with E-state index in [0.29, 0.717) is 16.8 Å². The molecule has 0 unspecified atom stereocenters. The van der Waals surface area contributed by atoms with Crippen molar-refractivity contribution in [1.82, 2.24) is 14.5 Å². The summed E-state index contributed by atoms with van der Waals surface area (Å²) in [5.74, 6) is -0.882. The van der Waals surface area contributed by atoms with Crippen molar-refractivity contribution in [2.24, 2.45) is 0 Å². The molecule has 12 heteroatoms. The lowest BCUT2D eigenvalue weighted by atomic mass is 10.2. The zero-order valence-electron chi connectivity index (χ0n) is 13.4. The molecule has 8 nitrogen and oxygen atoms in total. The van der Waals surface area contributed by atoms with Gasteiger partial charge in [-0.2, -0.15) is 23.1 Å². The van der Waals surface area contributed by atoms with Crippen molar-refractivity contribution in [1.29, 1.82) is 0 Å². The minimum Gasteiger partial charge on any atom is -0.481 e. The number of alkyl halides is 3. The van der Waals surface area contributed by atoms with Crippen LogP contribution in [0.2, 0.25) is 5.02 Å². The lowest BCUT2D eigenvalue weighted by Crippen LogP contribution is -2.29. The third kappa shape index (κ3) is 4.63. The zero-order chi connectivity index (χ0) is 19.5. The SMILES string of the molecule is COc1cc(OC)nc(NC(=O)Cn2cc(C(F)(F)F)cc(Cl)c2=O)n1.